The van der Waals surface area contributed by atoms with Gasteiger partial charge in [-0.05, 0) is 13.8 Å². The minimum absolute atomic E-state index is 0.202. The molecule has 0 aromatic heterocycles. The molecule has 53 valence electrons. The molecule has 1 N–H and O–H groups in total. The van der Waals surface area contributed by atoms with E-state index in [1.807, 2.05) is 0 Å². The summed E-state index contributed by atoms with van der Waals surface area (Å²) in [5, 5.41) is 0. The van der Waals surface area contributed by atoms with Gasteiger partial charge in [-0.1, -0.05) is 0 Å². The normalized spacial score (nSPS) is 12.8. The zero-order valence-corrected chi connectivity index (χ0v) is 5.81. The number of carbonyl (C=O) groups excluding carboxylic acids is 1. The van der Waals surface area contributed by atoms with Gasteiger partial charge >= 0.3 is 5.97 Å². The summed E-state index contributed by atoms with van der Waals surface area (Å²) in [6.07, 6.45) is 0.202. The standard InChI is InChI=1S/C6H12NO2/c1-3-9-6(8)4-5(2)7/h5,7H,3-4H2,1-2H3. The van der Waals surface area contributed by atoms with Crippen LogP contribution in [0, 0.1) is 0 Å². The minimum atomic E-state index is -0.343. The summed E-state index contributed by atoms with van der Waals surface area (Å²) >= 11 is 0. The van der Waals surface area contributed by atoms with Gasteiger partial charge in [0.1, 0.15) is 0 Å². The lowest BCUT2D eigenvalue weighted by Crippen LogP contribution is -2.13. The predicted molar refractivity (Wildman–Crippen MR) is 33.8 cm³/mol. The van der Waals surface area contributed by atoms with E-state index in [1.165, 1.54) is 0 Å². The Hall–Kier alpha value is -0.570. The Kier molecular flexibility index (Phi) is 4.05. The molecule has 0 aliphatic rings. The van der Waals surface area contributed by atoms with E-state index < -0.39 is 0 Å². The molecule has 0 spiro atoms. The summed E-state index contributed by atoms with van der Waals surface area (Å²) in [6, 6.07) is -0.343. The molecule has 0 saturated heterocycles. The van der Waals surface area contributed by atoms with E-state index in [2.05, 4.69) is 4.74 Å². The fraction of sp³-hybridized carbons (Fsp3) is 0.833. The van der Waals surface area contributed by atoms with E-state index in [-0.39, 0.29) is 18.4 Å². The Balaban J connectivity index is 3.27. The molecular weight excluding hydrogens is 118 g/mol. The Morgan fingerprint density at radius 2 is 2.33 bits per heavy atom. The summed E-state index contributed by atoms with van der Waals surface area (Å²) in [6.45, 7) is 3.83. The molecule has 0 rings (SSSR count). The summed E-state index contributed by atoms with van der Waals surface area (Å²) in [5.41, 5.74) is 6.99. The molecule has 0 amide bonds. The van der Waals surface area contributed by atoms with Gasteiger partial charge in [-0.15, -0.1) is 0 Å². The highest BCUT2D eigenvalue weighted by molar-refractivity contribution is 5.69. The summed E-state index contributed by atoms with van der Waals surface area (Å²) in [7, 11) is 0. The molecule has 1 atom stereocenters. The lowest BCUT2D eigenvalue weighted by Gasteiger charge is -2.01. The van der Waals surface area contributed by atoms with Crippen LogP contribution in [0.4, 0.5) is 0 Å². The SMILES string of the molecule is CCOC(=O)CC(C)[NH]. The van der Waals surface area contributed by atoms with Crippen LogP contribution in [0.3, 0.4) is 0 Å². The van der Waals surface area contributed by atoms with Crippen LogP contribution in [0.1, 0.15) is 20.3 Å². The van der Waals surface area contributed by atoms with Gasteiger partial charge in [0.25, 0.3) is 0 Å². The second kappa shape index (κ2) is 4.32. The van der Waals surface area contributed by atoms with Crippen molar-refractivity contribution in [2.75, 3.05) is 6.61 Å². The van der Waals surface area contributed by atoms with Gasteiger partial charge in [0.15, 0.2) is 0 Å². The Morgan fingerprint density at radius 1 is 1.78 bits per heavy atom. The van der Waals surface area contributed by atoms with Crippen LogP contribution >= 0.6 is 0 Å². The highest BCUT2D eigenvalue weighted by atomic mass is 16.5. The fourth-order valence-electron chi connectivity index (χ4n) is 0.470. The van der Waals surface area contributed by atoms with Gasteiger partial charge < -0.3 is 4.74 Å². The number of ether oxygens (including phenoxy) is 1. The minimum Gasteiger partial charge on any atom is -0.466 e. The topological polar surface area (TPSA) is 50.1 Å². The third-order valence-corrected chi connectivity index (χ3v) is 0.778. The predicted octanol–water partition coefficient (Wildman–Crippen LogP) is 0.611. The van der Waals surface area contributed by atoms with E-state index >= 15 is 0 Å². The number of nitrogens with one attached hydrogen (secondary N) is 1. The maximum Gasteiger partial charge on any atom is 0.307 e. The first kappa shape index (κ1) is 8.43. The second-order valence-electron chi connectivity index (χ2n) is 1.91. The molecule has 0 aliphatic carbocycles. The van der Waals surface area contributed by atoms with Crippen LogP contribution in [-0.2, 0) is 9.53 Å². The van der Waals surface area contributed by atoms with E-state index in [1.54, 1.807) is 13.8 Å². The van der Waals surface area contributed by atoms with Crippen molar-refractivity contribution in [1.82, 2.24) is 5.73 Å². The monoisotopic (exact) mass is 130 g/mol. The van der Waals surface area contributed by atoms with Crippen molar-refractivity contribution in [3.05, 3.63) is 0 Å². The van der Waals surface area contributed by atoms with Gasteiger partial charge in [0.05, 0.1) is 13.0 Å². The first-order valence-electron chi connectivity index (χ1n) is 3.03. The third kappa shape index (κ3) is 5.30. The van der Waals surface area contributed by atoms with E-state index in [0.717, 1.165) is 0 Å². The maximum atomic E-state index is 10.5. The fourth-order valence-corrected chi connectivity index (χ4v) is 0.470. The number of rotatable bonds is 3. The zero-order chi connectivity index (χ0) is 7.28. The molecule has 0 saturated carbocycles. The Labute approximate surface area is 55.2 Å². The number of esters is 1. The lowest BCUT2D eigenvalue weighted by atomic mass is 10.3. The number of hydrogen-bond donors (Lipinski definition) is 0. The molecular formula is C6H12NO2. The molecule has 1 radical (unpaired) electrons. The first-order chi connectivity index (χ1) is 4.16. The van der Waals surface area contributed by atoms with E-state index in [4.69, 9.17) is 5.73 Å². The molecule has 0 heterocycles. The molecule has 0 aromatic rings. The van der Waals surface area contributed by atoms with Gasteiger partial charge in [0.2, 0.25) is 0 Å². The summed E-state index contributed by atoms with van der Waals surface area (Å²) in [4.78, 5) is 10.5. The maximum absolute atomic E-state index is 10.5. The molecule has 0 fully saturated rings. The Bertz CT molecular complexity index is 91.1. The highest BCUT2D eigenvalue weighted by Gasteiger charge is 2.04. The Morgan fingerprint density at radius 3 is 2.67 bits per heavy atom. The van der Waals surface area contributed by atoms with Crippen LogP contribution in [0.25, 0.3) is 0 Å². The molecule has 0 aromatic carbocycles. The molecule has 0 bridgehead atoms. The van der Waals surface area contributed by atoms with Crippen molar-refractivity contribution in [1.29, 1.82) is 0 Å². The largest absolute Gasteiger partial charge is 0.466 e. The van der Waals surface area contributed by atoms with Crippen LogP contribution in [-0.4, -0.2) is 18.6 Å². The summed E-state index contributed by atoms with van der Waals surface area (Å²) < 4.78 is 4.59. The van der Waals surface area contributed by atoms with Crippen LogP contribution < -0.4 is 5.73 Å². The van der Waals surface area contributed by atoms with Crippen LogP contribution in [0.15, 0.2) is 0 Å². The zero-order valence-electron chi connectivity index (χ0n) is 5.81. The number of carbonyl (C=O) groups is 1. The van der Waals surface area contributed by atoms with Crippen molar-refractivity contribution in [2.24, 2.45) is 0 Å². The van der Waals surface area contributed by atoms with Crippen LogP contribution in [0.5, 0.6) is 0 Å². The average Bonchev–Trinajstić information content (AvgIpc) is 1.63. The van der Waals surface area contributed by atoms with Crippen molar-refractivity contribution < 1.29 is 9.53 Å². The molecule has 3 heteroatoms. The van der Waals surface area contributed by atoms with Gasteiger partial charge in [0, 0.05) is 6.04 Å². The van der Waals surface area contributed by atoms with Crippen LogP contribution in [0.2, 0.25) is 0 Å². The van der Waals surface area contributed by atoms with E-state index in [9.17, 15) is 4.79 Å². The summed E-state index contributed by atoms with van der Waals surface area (Å²) in [5.74, 6) is -0.278. The molecule has 3 nitrogen and oxygen atoms in total. The first-order valence-corrected chi connectivity index (χ1v) is 3.03. The lowest BCUT2D eigenvalue weighted by molar-refractivity contribution is -0.143. The van der Waals surface area contributed by atoms with Crippen molar-refractivity contribution in [3.63, 3.8) is 0 Å². The highest BCUT2D eigenvalue weighted by Crippen LogP contribution is 1.90. The number of hydrogen-bond acceptors (Lipinski definition) is 2. The quantitative estimate of drug-likeness (QED) is 0.525. The molecule has 0 aliphatic heterocycles. The van der Waals surface area contributed by atoms with Crippen molar-refractivity contribution in [3.8, 4) is 0 Å². The molecule has 9 heavy (non-hydrogen) atoms. The van der Waals surface area contributed by atoms with Gasteiger partial charge in [-0.3, -0.25) is 10.5 Å². The van der Waals surface area contributed by atoms with Gasteiger partial charge in [-0.2, -0.15) is 0 Å². The third-order valence-electron chi connectivity index (χ3n) is 0.778. The smallest absolute Gasteiger partial charge is 0.307 e. The van der Waals surface area contributed by atoms with E-state index in [0.29, 0.717) is 6.61 Å². The van der Waals surface area contributed by atoms with Crippen molar-refractivity contribution >= 4 is 5.97 Å². The van der Waals surface area contributed by atoms with Gasteiger partial charge in [-0.25, -0.2) is 0 Å². The average molecular weight is 130 g/mol. The second-order valence-corrected chi connectivity index (χ2v) is 1.91. The molecule has 1 unspecified atom stereocenters. The van der Waals surface area contributed by atoms with Crippen molar-refractivity contribution in [2.45, 2.75) is 26.3 Å².